The highest BCUT2D eigenvalue weighted by Crippen LogP contribution is 2.72. The Balaban J connectivity index is 1.12. The lowest BCUT2D eigenvalue weighted by molar-refractivity contribution is -0.165. The number of esters is 1. The molecule has 1 aliphatic heterocycles. The van der Waals surface area contributed by atoms with Gasteiger partial charge in [-0.1, -0.05) is 72.5 Å². The first-order chi connectivity index (χ1) is 21.2. The first-order valence-corrected chi connectivity index (χ1v) is 17.8. The smallest absolute Gasteiger partial charge is 0.463 e. The van der Waals surface area contributed by atoms with E-state index in [9.17, 15) is 14.4 Å². The summed E-state index contributed by atoms with van der Waals surface area (Å²) in [5, 5.41) is 2.73. The normalized spacial score (nSPS) is 37.6. The van der Waals surface area contributed by atoms with Gasteiger partial charge in [-0.15, -0.1) is 0 Å². The van der Waals surface area contributed by atoms with E-state index in [1.807, 2.05) is 0 Å². The van der Waals surface area contributed by atoms with Crippen LogP contribution in [0, 0.1) is 51.2 Å². The van der Waals surface area contributed by atoms with Crippen molar-refractivity contribution in [2.75, 3.05) is 26.4 Å². The van der Waals surface area contributed by atoms with E-state index in [4.69, 9.17) is 18.9 Å². The number of carbonyl (C=O) groups is 3. The largest absolute Gasteiger partial charge is 0.508 e. The monoisotopic (exact) mass is 629 g/mol. The quantitative estimate of drug-likeness (QED) is 0.112. The molecule has 0 bridgehead atoms. The zero-order valence-corrected chi connectivity index (χ0v) is 29.0. The second kappa shape index (κ2) is 13.1. The fourth-order valence-electron chi connectivity index (χ4n) is 10.4. The Bertz CT molecular complexity index is 1140. The number of amides is 1. The lowest BCUT2D eigenvalue weighted by Gasteiger charge is -2.64. The van der Waals surface area contributed by atoms with Gasteiger partial charge in [0.2, 0.25) is 0 Å². The van der Waals surface area contributed by atoms with Crippen molar-refractivity contribution in [3.63, 3.8) is 0 Å². The predicted octanol–water partition coefficient (Wildman–Crippen LogP) is 8.23. The number of ether oxygens (including phenoxy) is 4. The predicted molar refractivity (Wildman–Crippen MR) is 172 cm³/mol. The Morgan fingerprint density at radius 3 is 2.42 bits per heavy atom. The molecule has 8 heteroatoms. The fourth-order valence-corrected chi connectivity index (χ4v) is 10.4. The second-order valence-electron chi connectivity index (χ2n) is 16.6. The van der Waals surface area contributed by atoms with Gasteiger partial charge in [0.15, 0.2) is 0 Å². The minimum absolute atomic E-state index is 0.00275. The third-order valence-electron chi connectivity index (χ3n) is 13.5. The number of hydrogen-bond acceptors (Lipinski definition) is 7. The van der Waals surface area contributed by atoms with Crippen LogP contribution in [0.25, 0.3) is 0 Å². The molecule has 45 heavy (non-hydrogen) atoms. The molecule has 0 aromatic rings. The van der Waals surface area contributed by atoms with E-state index >= 15 is 0 Å². The van der Waals surface area contributed by atoms with E-state index in [2.05, 4.69) is 52.9 Å². The van der Waals surface area contributed by atoms with Crippen LogP contribution < -0.4 is 5.32 Å². The second-order valence-corrected chi connectivity index (χ2v) is 16.6. The third kappa shape index (κ3) is 6.50. The van der Waals surface area contributed by atoms with Crippen LogP contribution in [0.2, 0.25) is 0 Å². The van der Waals surface area contributed by atoms with Gasteiger partial charge in [0.1, 0.15) is 31.3 Å². The summed E-state index contributed by atoms with van der Waals surface area (Å²) in [6.07, 6.45) is 14.5. The molecule has 0 spiro atoms. The summed E-state index contributed by atoms with van der Waals surface area (Å²) in [7, 11) is 0. The van der Waals surface area contributed by atoms with Crippen LogP contribution in [0.15, 0.2) is 11.6 Å². The third-order valence-corrected chi connectivity index (χ3v) is 13.5. The Kier molecular flexibility index (Phi) is 9.92. The number of allylic oxidation sites excluding steroid dienone is 1. The lowest BCUT2D eigenvalue weighted by Crippen LogP contribution is -2.57. The first kappa shape index (κ1) is 34.1. The topological polar surface area (TPSA) is 100 Å². The molecule has 4 fully saturated rings. The summed E-state index contributed by atoms with van der Waals surface area (Å²) in [4.78, 5) is 36.2. The fraction of sp³-hybridized carbons (Fsp3) is 0.865. The molecule has 254 valence electrons. The van der Waals surface area contributed by atoms with E-state index in [0.29, 0.717) is 5.41 Å². The zero-order chi connectivity index (χ0) is 32.6. The van der Waals surface area contributed by atoms with Crippen molar-refractivity contribution in [2.24, 2.45) is 51.2 Å². The zero-order valence-electron chi connectivity index (χ0n) is 29.0. The number of cyclic esters (lactones) is 2. The molecule has 1 N–H and O–H groups in total. The van der Waals surface area contributed by atoms with Gasteiger partial charge in [-0.3, -0.25) is 4.79 Å². The minimum Gasteiger partial charge on any atom is -0.463 e. The number of fused-ring (bicyclic) bond motifs is 5. The SMILES string of the molecule is CC(C)CCC[C@@H](C)[C@H]1CC[C@H]2[C@@H]3CC=C4CC(OC(=O)NCCOC(=O)C5(C)COC(=O)OC5)CC[C@]4(C)[C@@]3(C)CC[C@]12C. The summed E-state index contributed by atoms with van der Waals surface area (Å²) < 4.78 is 20.8. The van der Waals surface area contributed by atoms with Crippen molar-refractivity contribution >= 4 is 18.2 Å². The van der Waals surface area contributed by atoms with Crippen LogP contribution in [0.4, 0.5) is 9.59 Å². The Labute approximate surface area is 271 Å². The van der Waals surface area contributed by atoms with Gasteiger partial charge in [-0.25, -0.2) is 9.59 Å². The number of carbonyl (C=O) groups excluding carboxylic acids is 3. The summed E-state index contributed by atoms with van der Waals surface area (Å²) in [6, 6.07) is 0. The number of hydrogen-bond donors (Lipinski definition) is 1. The molecule has 1 heterocycles. The molecular formula is C37H59NO7. The van der Waals surface area contributed by atoms with Crippen LogP contribution in [0.3, 0.4) is 0 Å². The molecule has 0 aromatic heterocycles. The molecule has 5 rings (SSSR count). The van der Waals surface area contributed by atoms with Crippen LogP contribution in [0.5, 0.6) is 0 Å². The standard InChI is InChI=1S/C37H59NO7/c1-24(2)9-8-10-25(3)28-13-14-29-30-12-11-26-21-27(15-16-36(26,6)37(30,7)18-17-35(28,29)5)45-32(40)38-19-20-42-31(39)34(4)22-43-33(41)44-23-34/h11,24-25,27-30H,8-10,12-23H2,1-7H3,(H,38,40)/t25-,27?,28-,29+,30+,35-,36+,37+/m1/s1. The van der Waals surface area contributed by atoms with Crippen LogP contribution in [-0.2, 0) is 23.7 Å². The average Bonchev–Trinajstić information content (AvgIpc) is 3.34. The number of alkyl carbamates (subject to hydrolysis) is 1. The van der Waals surface area contributed by atoms with Crippen LogP contribution >= 0.6 is 0 Å². The average molecular weight is 630 g/mol. The molecule has 1 saturated heterocycles. The Morgan fingerprint density at radius 2 is 1.71 bits per heavy atom. The molecular weight excluding hydrogens is 570 g/mol. The van der Waals surface area contributed by atoms with Crippen molar-refractivity contribution in [3.8, 4) is 0 Å². The Hall–Kier alpha value is -2.25. The van der Waals surface area contributed by atoms with Crippen molar-refractivity contribution < 1.29 is 33.3 Å². The number of rotatable bonds is 10. The van der Waals surface area contributed by atoms with E-state index < -0.39 is 23.6 Å². The molecule has 8 nitrogen and oxygen atoms in total. The molecule has 5 aliphatic rings. The van der Waals surface area contributed by atoms with Crippen molar-refractivity contribution in [1.29, 1.82) is 0 Å². The molecule has 3 saturated carbocycles. The molecule has 8 atom stereocenters. The number of nitrogens with one attached hydrogen (secondary N) is 1. The minimum atomic E-state index is -1.05. The molecule has 1 unspecified atom stereocenters. The summed E-state index contributed by atoms with van der Waals surface area (Å²) in [5.74, 6) is 3.48. The van der Waals surface area contributed by atoms with E-state index in [1.54, 1.807) is 6.92 Å². The Morgan fingerprint density at radius 1 is 0.978 bits per heavy atom. The van der Waals surface area contributed by atoms with Crippen molar-refractivity contribution in [3.05, 3.63) is 11.6 Å². The highest BCUT2D eigenvalue weighted by molar-refractivity contribution is 5.78. The molecule has 0 aromatic carbocycles. The summed E-state index contributed by atoms with van der Waals surface area (Å²) >= 11 is 0. The van der Waals surface area contributed by atoms with E-state index in [0.717, 1.165) is 55.3 Å². The van der Waals surface area contributed by atoms with Crippen molar-refractivity contribution in [1.82, 2.24) is 5.32 Å². The summed E-state index contributed by atoms with van der Waals surface area (Å²) in [6.45, 7) is 16.6. The van der Waals surface area contributed by atoms with Gasteiger partial charge in [0.05, 0.1) is 6.54 Å². The van der Waals surface area contributed by atoms with Gasteiger partial charge in [-0.2, -0.15) is 0 Å². The summed E-state index contributed by atoms with van der Waals surface area (Å²) in [5.41, 5.74) is 1.34. The van der Waals surface area contributed by atoms with Crippen LogP contribution in [-0.4, -0.2) is 50.7 Å². The molecule has 4 aliphatic carbocycles. The maximum atomic E-state index is 12.7. The van der Waals surface area contributed by atoms with Crippen molar-refractivity contribution in [2.45, 2.75) is 125 Å². The maximum absolute atomic E-state index is 12.7. The molecule has 1 amide bonds. The first-order valence-electron chi connectivity index (χ1n) is 17.8. The highest BCUT2D eigenvalue weighted by Gasteiger charge is 2.64. The lowest BCUT2D eigenvalue weighted by atomic mass is 9.40. The van der Waals surface area contributed by atoms with E-state index in [-0.39, 0.29) is 43.3 Å². The molecule has 0 radical (unpaired) electrons. The van der Waals surface area contributed by atoms with Gasteiger partial charge in [-0.05, 0) is 97.7 Å². The van der Waals surface area contributed by atoms with Gasteiger partial charge in [0, 0.05) is 6.42 Å². The van der Waals surface area contributed by atoms with E-state index in [1.165, 1.54) is 50.5 Å². The van der Waals surface area contributed by atoms with Gasteiger partial charge in [0.25, 0.3) is 0 Å². The highest BCUT2D eigenvalue weighted by atomic mass is 16.7. The van der Waals surface area contributed by atoms with Gasteiger partial charge < -0.3 is 24.3 Å². The van der Waals surface area contributed by atoms with Crippen LogP contribution in [0.1, 0.15) is 119 Å². The maximum Gasteiger partial charge on any atom is 0.508 e. The van der Waals surface area contributed by atoms with Gasteiger partial charge >= 0.3 is 18.2 Å².